The molecule has 3 rings (SSSR count). The zero-order valence-electron chi connectivity index (χ0n) is 15.4. The Bertz CT molecular complexity index is 963. The molecule has 7 heteroatoms. The van der Waals surface area contributed by atoms with Crippen LogP contribution in [-0.2, 0) is 0 Å². The van der Waals surface area contributed by atoms with E-state index in [1.165, 1.54) is 12.2 Å². The normalized spacial score (nSPS) is 21.4. The highest BCUT2D eigenvalue weighted by atomic mass is 32.1. The van der Waals surface area contributed by atoms with Gasteiger partial charge in [0.1, 0.15) is 23.2 Å². The number of rotatable bonds is 5. The van der Waals surface area contributed by atoms with Crippen molar-refractivity contribution in [1.29, 1.82) is 0 Å². The summed E-state index contributed by atoms with van der Waals surface area (Å²) in [6, 6.07) is 9.86. The minimum atomic E-state index is -1.93. The lowest BCUT2D eigenvalue weighted by Gasteiger charge is -2.36. The van der Waals surface area contributed by atoms with Crippen molar-refractivity contribution in [3.63, 3.8) is 0 Å². The molecular formula is C22H17F5OS. The summed E-state index contributed by atoms with van der Waals surface area (Å²) in [6.45, 7) is 1.72. The molecule has 0 radical (unpaired) electrons. The second-order valence-corrected chi connectivity index (χ2v) is 7.06. The zero-order valence-corrected chi connectivity index (χ0v) is 16.2. The number of allylic oxidation sites excluding steroid dienone is 3. The van der Waals surface area contributed by atoms with Gasteiger partial charge in [-0.25, -0.2) is 22.0 Å². The standard InChI is InChI=1S/C22H17F5OS/c1-2-8-22(21(29)28-15-11-16(23)20(27)17(24)12-15)18(25)9-14(10-19(22)26)13-6-4-3-5-7-13/h3-7,9-12,18H,2,8H2,1H3. The number of hydrogen-bond donors (Lipinski definition) is 0. The van der Waals surface area contributed by atoms with E-state index < -0.39 is 45.7 Å². The molecule has 29 heavy (non-hydrogen) atoms. The highest BCUT2D eigenvalue weighted by molar-refractivity contribution is 7.80. The van der Waals surface area contributed by atoms with Gasteiger partial charge in [-0.3, -0.25) is 0 Å². The number of halogens is 5. The van der Waals surface area contributed by atoms with Crippen LogP contribution in [0.5, 0.6) is 5.75 Å². The largest absolute Gasteiger partial charge is 0.449 e. The number of alkyl halides is 1. The second kappa shape index (κ2) is 8.45. The van der Waals surface area contributed by atoms with E-state index in [2.05, 4.69) is 0 Å². The predicted octanol–water partition coefficient (Wildman–Crippen LogP) is 6.89. The predicted molar refractivity (Wildman–Crippen MR) is 105 cm³/mol. The van der Waals surface area contributed by atoms with Crippen molar-refractivity contribution in [3.05, 3.63) is 83.5 Å². The van der Waals surface area contributed by atoms with Crippen molar-refractivity contribution in [1.82, 2.24) is 0 Å². The first kappa shape index (κ1) is 21.2. The average Bonchev–Trinajstić information content (AvgIpc) is 2.69. The molecule has 0 fully saturated rings. The van der Waals surface area contributed by atoms with E-state index in [1.54, 1.807) is 37.3 Å². The lowest BCUT2D eigenvalue weighted by Crippen LogP contribution is -2.43. The van der Waals surface area contributed by atoms with Crippen LogP contribution < -0.4 is 4.74 Å². The first-order valence-electron chi connectivity index (χ1n) is 8.95. The van der Waals surface area contributed by atoms with Gasteiger partial charge >= 0.3 is 0 Å². The molecule has 0 saturated heterocycles. The Morgan fingerprint density at radius 3 is 2.24 bits per heavy atom. The number of ether oxygens (including phenoxy) is 1. The van der Waals surface area contributed by atoms with Gasteiger partial charge in [0.15, 0.2) is 22.5 Å². The number of hydrogen-bond acceptors (Lipinski definition) is 2. The van der Waals surface area contributed by atoms with Crippen molar-refractivity contribution in [3.8, 4) is 5.75 Å². The van der Waals surface area contributed by atoms with Crippen LogP contribution in [0.2, 0.25) is 0 Å². The maximum atomic E-state index is 15.3. The van der Waals surface area contributed by atoms with Gasteiger partial charge in [0.2, 0.25) is 0 Å². The summed E-state index contributed by atoms with van der Waals surface area (Å²) in [5.74, 6) is -5.97. The van der Waals surface area contributed by atoms with E-state index >= 15 is 8.78 Å². The van der Waals surface area contributed by atoms with Gasteiger partial charge in [-0.1, -0.05) is 43.7 Å². The summed E-state index contributed by atoms with van der Waals surface area (Å²) in [5.41, 5.74) is -0.946. The van der Waals surface area contributed by atoms with Crippen molar-refractivity contribution in [2.75, 3.05) is 0 Å². The molecule has 2 atom stereocenters. The van der Waals surface area contributed by atoms with Crippen molar-refractivity contribution < 1.29 is 26.7 Å². The summed E-state index contributed by atoms with van der Waals surface area (Å²) in [6.07, 6.45) is 0.898. The van der Waals surface area contributed by atoms with Gasteiger partial charge in [0.25, 0.3) is 0 Å². The minimum absolute atomic E-state index is 0.0277. The quantitative estimate of drug-likeness (QED) is 0.294. The van der Waals surface area contributed by atoms with Crippen LogP contribution in [0.4, 0.5) is 22.0 Å². The van der Waals surface area contributed by atoms with E-state index in [1.807, 2.05) is 0 Å². The monoisotopic (exact) mass is 424 g/mol. The average molecular weight is 424 g/mol. The second-order valence-electron chi connectivity index (χ2n) is 6.69. The van der Waals surface area contributed by atoms with Gasteiger partial charge in [-0.2, -0.15) is 0 Å². The molecule has 2 unspecified atom stereocenters. The summed E-state index contributed by atoms with van der Waals surface area (Å²) in [7, 11) is 0. The van der Waals surface area contributed by atoms with Crippen LogP contribution in [0.25, 0.3) is 5.57 Å². The van der Waals surface area contributed by atoms with E-state index in [9.17, 15) is 13.2 Å². The highest BCUT2D eigenvalue weighted by Gasteiger charge is 2.49. The van der Waals surface area contributed by atoms with E-state index in [0.717, 1.165) is 0 Å². The van der Waals surface area contributed by atoms with Crippen molar-refractivity contribution in [2.45, 2.75) is 25.9 Å². The molecule has 1 aliphatic carbocycles. The van der Waals surface area contributed by atoms with Crippen LogP contribution >= 0.6 is 12.2 Å². The number of thiocarbonyl (C=S) groups is 1. The molecule has 2 aromatic carbocycles. The summed E-state index contributed by atoms with van der Waals surface area (Å²) in [5, 5.41) is -0.519. The molecule has 1 nitrogen and oxygen atoms in total. The highest BCUT2D eigenvalue weighted by Crippen LogP contribution is 2.47. The van der Waals surface area contributed by atoms with Crippen LogP contribution in [0.1, 0.15) is 25.3 Å². The van der Waals surface area contributed by atoms with E-state index in [-0.39, 0.29) is 6.42 Å². The van der Waals surface area contributed by atoms with Crippen molar-refractivity contribution in [2.24, 2.45) is 5.41 Å². The Morgan fingerprint density at radius 1 is 1.07 bits per heavy atom. The Hall–Kier alpha value is -2.54. The molecule has 0 N–H and O–H groups in total. The zero-order chi connectivity index (χ0) is 21.2. The van der Waals surface area contributed by atoms with Gasteiger partial charge in [0, 0.05) is 12.1 Å². The summed E-state index contributed by atoms with van der Waals surface area (Å²) >= 11 is 5.15. The van der Waals surface area contributed by atoms with Crippen LogP contribution in [0.3, 0.4) is 0 Å². The molecule has 0 spiro atoms. The maximum Gasteiger partial charge on any atom is 0.194 e. The smallest absolute Gasteiger partial charge is 0.194 e. The molecular weight excluding hydrogens is 407 g/mol. The van der Waals surface area contributed by atoms with Gasteiger partial charge < -0.3 is 4.74 Å². The SMILES string of the molecule is CCCC1(C(=S)Oc2cc(F)c(F)c(F)c2)C(F)=CC(c2ccccc2)=CC1F. The third-order valence-corrected chi connectivity index (χ3v) is 5.24. The molecule has 0 heterocycles. The third-order valence-electron chi connectivity index (χ3n) is 4.79. The summed E-state index contributed by atoms with van der Waals surface area (Å²) in [4.78, 5) is 0. The first-order valence-corrected chi connectivity index (χ1v) is 9.36. The lowest BCUT2D eigenvalue weighted by atomic mass is 9.73. The Labute approximate surface area is 170 Å². The maximum absolute atomic E-state index is 15.3. The summed E-state index contributed by atoms with van der Waals surface area (Å²) < 4.78 is 75.9. The Morgan fingerprint density at radius 2 is 1.69 bits per heavy atom. The fourth-order valence-electron chi connectivity index (χ4n) is 3.31. The van der Waals surface area contributed by atoms with Crippen LogP contribution in [0, 0.1) is 22.9 Å². The molecule has 0 aromatic heterocycles. The molecule has 2 aromatic rings. The molecule has 0 amide bonds. The lowest BCUT2D eigenvalue weighted by molar-refractivity contribution is 0.192. The van der Waals surface area contributed by atoms with Gasteiger partial charge in [-0.05, 0) is 41.9 Å². The fraction of sp³-hybridized carbons (Fsp3) is 0.227. The van der Waals surface area contributed by atoms with Crippen LogP contribution in [0.15, 0.2) is 60.4 Å². The molecule has 0 saturated carbocycles. The van der Waals surface area contributed by atoms with E-state index in [4.69, 9.17) is 17.0 Å². The molecule has 1 aliphatic rings. The number of benzene rings is 2. The fourth-order valence-corrected chi connectivity index (χ4v) is 3.72. The third kappa shape index (κ3) is 3.96. The molecule has 0 bridgehead atoms. The first-order chi connectivity index (χ1) is 13.8. The van der Waals surface area contributed by atoms with E-state index in [0.29, 0.717) is 29.7 Å². The minimum Gasteiger partial charge on any atom is -0.449 e. The van der Waals surface area contributed by atoms with Crippen LogP contribution in [-0.4, -0.2) is 11.2 Å². The Balaban J connectivity index is 1.97. The van der Waals surface area contributed by atoms with Gasteiger partial charge in [0.05, 0.1) is 0 Å². The Kier molecular flexibility index (Phi) is 6.17. The van der Waals surface area contributed by atoms with Crippen molar-refractivity contribution >= 4 is 22.8 Å². The molecule has 152 valence electrons. The van der Waals surface area contributed by atoms with Gasteiger partial charge in [-0.15, -0.1) is 0 Å². The topological polar surface area (TPSA) is 9.23 Å². The molecule has 0 aliphatic heterocycles.